The van der Waals surface area contributed by atoms with Crippen molar-refractivity contribution in [3.63, 3.8) is 0 Å². The first-order valence-corrected chi connectivity index (χ1v) is 9.98. The average Bonchev–Trinajstić information content (AvgIpc) is 3.21. The van der Waals surface area contributed by atoms with Gasteiger partial charge in [0.25, 0.3) is 0 Å². The Morgan fingerprint density at radius 1 is 1.00 bits per heavy atom. The van der Waals surface area contributed by atoms with Crippen molar-refractivity contribution in [2.24, 2.45) is 0 Å². The molecule has 142 valence electrons. The van der Waals surface area contributed by atoms with E-state index in [2.05, 4.69) is 92.2 Å². The fraction of sp³-hybridized carbons (Fsp3) is 0.231. The van der Waals surface area contributed by atoms with Crippen molar-refractivity contribution in [2.75, 3.05) is 18.6 Å². The second kappa shape index (κ2) is 7.93. The molecule has 0 bridgehead atoms. The van der Waals surface area contributed by atoms with Crippen molar-refractivity contribution in [1.82, 2.24) is 0 Å². The second-order valence-electron chi connectivity index (χ2n) is 7.48. The minimum atomic E-state index is 0.798. The predicted octanol–water partition coefficient (Wildman–Crippen LogP) is 6.35. The van der Waals surface area contributed by atoms with Gasteiger partial charge in [0.15, 0.2) is 0 Å². The Morgan fingerprint density at radius 2 is 1.79 bits per heavy atom. The standard InChI is InChI=1S/C26H27NO/c1-4-19(2)21-10-8-20(9-11-21)18-27(3)25-7-5-6-22(17-25)23-12-13-26-24(16-23)14-15-28-26/h5-13,16-17H,2,4,14-15,18H2,1,3H3. The lowest BCUT2D eigenvalue weighted by Crippen LogP contribution is -2.16. The lowest BCUT2D eigenvalue weighted by atomic mass is 10.0. The SMILES string of the molecule is C=C(CC)c1ccc(CN(C)c2cccc(-c3ccc4c(c3)CCO4)c2)cc1. The van der Waals surface area contributed by atoms with E-state index in [1.54, 1.807) is 0 Å². The molecule has 2 nitrogen and oxygen atoms in total. The molecule has 0 atom stereocenters. The van der Waals surface area contributed by atoms with Crippen LogP contribution in [0.4, 0.5) is 5.69 Å². The maximum Gasteiger partial charge on any atom is 0.122 e. The van der Waals surface area contributed by atoms with Crippen LogP contribution in [-0.4, -0.2) is 13.7 Å². The Morgan fingerprint density at radius 3 is 2.57 bits per heavy atom. The number of hydrogen-bond acceptors (Lipinski definition) is 2. The molecule has 1 aliphatic rings. The highest BCUT2D eigenvalue weighted by Crippen LogP contribution is 2.32. The molecule has 3 aromatic rings. The minimum Gasteiger partial charge on any atom is -0.493 e. The summed E-state index contributed by atoms with van der Waals surface area (Å²) < 4.78 is 5.63. The van der Waals surface area contributed by atoms with Crippen LogP contribution in [-0.2, 0) is 13.0 Å². The highest BCUT2D eigenvalue weighted by molar-refractivity contribution is 5.70. The Kier molecular flexibility index (Phi) is 5.21. The molecule has 0 saturated carbocycles. The molecule has 0 radical (unpaired) electrons. The Balaban J connectivity index is 1.51. The Hall–Kier alpha value is -3.00. The smallest absolute Gasteiger partial charge is 0.122 e. The largest absolute Gasteiger partial charge is 0.493 e. The zero-order chi connectivity index (χ0) is 19.5. The van der Waals surface area contributed by atoms with Crippen molar-refractivity contribution < 1.29 is 4.74 Å². The summed E-state index contributed by atoms with van der Waals surface area (Å²) >= 11 is 0. The lowest BCUT2D eigenvalue weighted by molar-refractivity contribution is 0.357. The first-order chi connectivity index (χ1) is 13.6. The van der Waals surface area contributed by atoms with Crippen molar-refractivity contribution in [3.05, 3.63) is 90.0 Å². The van der Waals surface area contributed by atoms with Gasteiger partial charge in [-0.3, -0.25) is 0 Å². The number of rotatable bonds is 6. The predicted molar refractivity (Wildman–Crippen MR) is 119 cm³/mol. The van der Waals surface area contributed by atoms with E-state index in [0.29, 0.717) is 0 Å². The molecule has 0 aromatic heterocycles. The molecule has 1 heterocycles. The van der Waals surface area contributed by atoms with Crippen LogP contribution in [0.1, 0.15) is 30.0 Å². The number of nitrogens with zero attached hydrogens (tertiary/aromatic N) is 1. The highest BCUT2D eigenvalue weighted by Gasteiger charge is 2.13. The molecule has 28 heavy (non-hydrogen) atoms. The second-order valence-corrected chi connectivity index (χ2v) is 7.48. The van der Waals surface area contributed by atoms with Crippen molar-refractivity contribution >= 4 is 11.3 Å². The molecule has 0 aliphatic carbocycles. The van der Waals surface area contributed by atoms with Gasteiger partial charge in [-0.25, -0.2) is 0 Å². The van der Waals surface area contributed by atoms with Gasteiger partial charge in [-0.2, -0.15) is 0 Å². The maximum atomic E-state index is 5.63. The van der Waals surface area contributed by atoms with E-state index < -0.39 is 0 Å². The fourth-order valence-corrected chi connectivity index (χ4v) is 3.70. The fourth-order valence-electron chi connectivity index (χ4n) is 3.70. The summed E-state index contributed by atoms with van der Waals surface area (Å²) in [6.45, 7) is 7.94. The van der Waals surface area contributed by atoms with E-state index in [-0.39, 0.29) is 0 Å². The summed E-state index contributed by atoms with van der Waals surface area (Å²) in [4.78, 5) is 2.30. The number of allylic oxidation sites excluding steroid dienone is 1. The van der Waals surface area contributed by atoms with E-state index in [4.69, 9.17) is 4.74 Å². The molecular weight excluding hydrogens is 342 g/mol. The van der Waals surface area contributed by atoms with Gasteiger partial charge < -0.3 is 9.64 Å². The summed E-state index contributed by atoms with van der Waals surface area (Å²) in [5.74, 6) is 1.03. The van der Waals surface area contributed by atoms with Gasteiger partial charge >= 0.3 is 0 Å². The summed E-state index contributed by atoms with van der Waals surface area (Å²) in [5, 5.41) is 0. The topological polar surface area (TPSA) is 12.5 Å². The first-order valence-electron chi connectivity index (χ1n) is 9.98. The molecule has 0 unspecified atom stereocenters. The number of anilines is 1. The van der Waals surface area contributed by atoms with Gasteiger partial charge in [0.2, 0.25) is 0 Å². The molecular formula is C26H27NO. The molecule has 2 heteroatoms. The number of ether oxygens (including phenoxy) is 1. The number of fused-ring (bicyclic) bond motifs is 1. The molecule has 1 aliphatic heterocycles. The first kappa shape index (κ1) is 18.4. The van der Waals surface area contributed by atoms with Crippen LogP contribution in [0.15, 0.2) is 73.3 Å². The summed E-state index contributed by atoms with van der Waals surface area (Å²) in [6.07, 6.45) is 1.99. The van der Waals surface area contributed by atoms with Crippen LogP contribution < -0.4 is 9.64 Å². The summed E-state index contributed by atoms with van der Waals surface area (Å²) in [6, 6.07) is 24.0. The van der Waals surface area contributed by atoms with Crippen LogP contribution in [0.2, 0.25) is 0 Å². The Labute approximate surface area is 168 Å². The number of benzene rings is 3. The summed E-state index contributed by atoms with van der Waals surface area (Å²) in [7, 11) is 2.15. The maximum absolute atomic E-state index is 5.63. The van der Waals surface area contributed by atoms with Gasteiger partial charge in [0, 0.05) is 25.7 Å². The average molecular weight is 370 g/mol. The van der Waals surface area contributed by atoms with E-state index in [0.717, 1.165) is 31.7 Å². The molecule has 4 rings (SSSR count). The van der Waals surface area contributed by atoms with E-state index >= 15 is 0 Å². The summed E-state index contributed by atoms with van der Waals surface area (Å²) in [5.41, 5.74) is 8.75. The van der Waals surface area contributed by atoms with Crippen molar-refractivity contribution in [2.45, 2.75) is 26.3 Å². The van der Waals surface area contributed by atoms with E-state index in [9.17, 15) is 0 Å². The Bertz CT molecular complexity index is 988. The quantitative estimate of drug-likeness (QED) is 0.502. The molecule has 3 aromatic carbocycles. The molecule has 0 spiro atoms. The van der Waals surface area contributed by atoms with Gasteiger partial charge in [0.1, 0.15) is 5.75 Å². The molecule has 0 saturated heterocycles. The number of hydrogen-bond donors (Lipinski definition) is 0. The van der Waals surface area contributed by atoms with Crippen LogP contribution in [0.5, 0.6) is 5.75 Å². The van der Waals surface area contributed by atoms with Crippen LogP contribution in [0.25, 0.3) is 16.7 Å². The van der Waals surface area contributed by atoms with Crippen molar-refractivity contribution in [3.8, 4) is 16.9 Å². The zero-order valence-electron chi connectivity index (χ0n) is 16.7. The highest BCUT2D eigenvalue weighted by atomic mass is 16.5. The molecule has 0 fully saturated rings. The third kappa shape index (κ3) is 3.82. The van der Waals surface area contributed by atoms with Gasteiger partial charge in [-0.1, -0.05) is 56.0 Å². The van der Waals surface area contributed by atoms with E-state index in [1.807, 2.05) is 0 Å². The van der Waals surface area contributed by atoms with Crippen LogP contribution >= 0.6 is 0 Å². The van der Waals surface area contributed by atoms with Gasteiger partial charge in [0.05, 0.1) is 6.61 Å². The molecule has 0 N–H and O–H groups in total. The minimum absolute atomic E-state index is 0.798. The lowest BCUT2D eigenvalue weighted by Gasteiger charge is -2.20. The van der Waals surface area contributed by atoms with Gasteiger partial charge in [-0.05, 0) is 64.1 Å². The third-order valence-electron chi connectivity index (χ3n) is 5.52. The monoisotopic (exact) mass is 369 g/mol. The van der Waals surface area contributed by atoms with Gasteiger partial charge in [-0.15, -0.1) is 0 Å². The van der Waals surface area contributed by atoms with E-state index in [1.165, 1.54) is 39.1 Å². The van der Waals surface area contributed by atoms with Crippen molar-refractivity contribution in [1.29, 1.82) is 0 Å². The zero-order valence-corrected chi connectivity index (χ0v) is 16.7. The third-order valence-corrected chi connectivity index (χ3v) is 5.52. The van der Waals surface area contributed by atoms with Crippen LogP contribution in [0.3, 0.4) is 0 Å². The normalized spacial score (nSPS) is 12.4. The van der Waals surface area contributed by atoms with Crippen LogP contribution in [0, 0.1) is 0 Å². The molecule has 0 amide bonds.